The highest BCUT2D eigenvalue weighted by Crippen LogP contribution is 2.35. The van der Waals surface area contributed by atoms with E-state index >= 15 is 0 Å². The van der Waals surface area contributed by atoms with E-state index in [1.165, 1.54) is 0 Å². The summed E-state index contributed by atoms with van der Waals surface area (Å²) < 4.78 is 10.8. The highest BCUT2D eigenvalue weighted by molar-refractivity contribution is 5.95. The largest absolute Gasteiger partial charge is 0.454 e. The van der Waals surface area contributed by atoms with Gasteiger partial charge in [-0.05, 0) is 30.9 Å². The number of ether oxygens (including phenoxy) is 2. The molecule has 1 fully saturated rings. The molecule has 1 N–H and O–H groups in total. The van der Waals surface area contributed by atoms with Gasteiger partial charge < -0.3 is 19.3 Å². The summed E-state index contributed by atoms with van der Waals surface area (Å²) in [6, 6.07) is 5.63. The maximum atomic E-state index is 12.6. The Balaban J connectivity index is 1.49. The fourth-order valence-corrected chi connectivity index (χ4v) is 3.83. The van der Waals surface area contributed by atoms with E-state index < -0.39 is 0 Å². The van der Waals surface area contributed by atoms with Gasteiger partial charge in [-0.25, -0.2) is 4.79 Å². The van der Waals surface area contributed by atoms with Gasteiger partial charge in [-0.2, -0.15) is 0 Å². The minimum absolute atomic E-state index is 0.0822. The Morgan fingerprint density at radius 2 is 1.76 bits per heavy atom. The number of hydrogen-bond acceptors (Lipinski definition) is 5. The topological polar surface area (TPSA) is 71.1 Å². The molecule has 7 nitrogen and oxygen atoms in total. The number of piperazine rings is 1. The average Bonchev–Trinajstić information content (AvgIpc) is 3.18. The zero-order valence-electron chi connectivity index (χ0n) is 17.8. The van der Waals surface area contributed by atoms with Crippen molar-refractivity contribution in [1.29, 1.82) is 0 Å². The molecule has 2 heterocycles. The second kappa shape index (κ2) is 9.85. The van der Waals surface area contributed by atoms with Crippen LogP contribution >= 0.6 is 0 Å². The summed E-state index contributed by atoms with van der Waals surface area (Å²) in [5.74, 6) is 1.88. The van der Waals surface area contributed by atoms with Gasteiger partial charge in [0.25, 0.3) is 0 Å². The van der Waals surface area contributed by atoms with Crippen LogP contribution < -0.4 is 19.7 Å². The van der Waals surface area contributed by atoms with Crippen LogP contribution in [0.1, 0.15) is 46.5 Å². The van der Waals surface area contributed by atoms with E-state index in [4.69, 9.17) is 9.47 Å². The maximum Gasteiger partial charge on any atom is 0.324 e. The Bertz CT molecular complexity index is 714. The first-order valence-electron chi connectivity index (χ1n) is 10.7. The van der Waals surface area contributed by atoms with Crippen molar-refractivity contribution in [2.45, 2.75) is 46.5 Å². The van der Waals surface area contributed by atoms with Crippen LogP contribution in [0.25, 0.3) is 0 Å². The van der Waals surface area contributed by atoms with Crippen LogP contribution in [0.3, 0.4) is 0 Å². The van der Waals surface area contributed by atoms with Crippen LogP contribution in [0.5, 0.6) is 11.5 Å². The van der Waals surface area contributed by atoms with Gasteiger partial charge in [0.2, 0.25) is 12.7 Å². The average molecular weight is 404 g/mol. The number of carbonyl (C=O) groups is 2. The van der Waals surface area contributed by atoms with E-state index in [-0.39, 0.29) is 24.6 Å². The molecule has 0 unspecified atom stereocenters. The number of anilines is 1. The molecule has 2 aliphatic heterocycles. The predicted molar refractivity (Wildman–Crippen MR) is 112 cm³/mol. The lowest BCUT2D eigenvalue weighted by molar-refractivity contribution is -0.124. The molecule has 0 saturated carbocycles. The molecule has 160 valence electrons. The number of benzene rings is 1. The Kier molecular flexibility index (Phi) is 7.23. The first-order chi connectivity index (χ1) is 14.0. The van der Waals surface area contributed by atoms with Crippen LogP contribution in [0, 0.1) is 11.8 Å². The van der Waals surface area contributed by atoms with Crippen molar-refractivity contribution < 1.29 is 19.1 Å². The third-order valence-electron chi connectivity index (χ3n) is 5.62. The highest BCUT2D eigenvalue weighted by Gasteiger charge is 2.26. The maximum absolute atomic E-state index is 12.6. The molecule has 1 saturated heterocycles. The van der Waals surface area contributed by atoms with E-state index in [1.54, 1.807) is 4.90 Å². The molecule has 7 heteroatoms. The Hall–Kier alpha value is -2.44. The molecule has 0 aromatic heterocycles. The number of fused-ring (bicyclic) bond motifs is 1. The van der Waals surface area contributed by atoms with Gasteiger partial charge in [0, 0.05) is 43.9 Å². The molecule has 0 aliphatic carbocycles. The van der Waals surface area contributed by atoms with E-state index in [1.807, 2.05) is 18.2 Å². The number of urea groups is 1. The molecular weight excluding hydrogens is 370 g/mol. The zero-order chi connectivity index (χ0) is 20.8. The van der Waals surface area contributed by atoms with Crippen LogP contribution in [-0.2, 0) is 4.79 Å². The second-order valence-electron chi connectivity index (χ2n) is 8.26. The summed E-state index contributed by atoms with van der Waals surface area (Å²) in [4.78, 5) is 29.1. The monoisotopic (exact) mass is 403 g/mol. The normalized spacial score (nSPS) is 16.8. The van der Waals surface area contributed by atoms with Gasteiger partial charge in [-0.15, -0.1) is 0 Å². The lowest BCUT2D eigenvalue weighted by Gasteiger charge is -2.36. The Labute approximate surface area is 173 Å². The highest BCUT2D eigenvalue weighted by atomic mass is 16.7. The van der Waals surface area contributed by atoms with E-state index in [0.717, 1.165) is 42.9 Å². The van der Waals surface area contributed by atoms with Gasteiger partial charge in [0.1, 0.15) is 0 Å². The number of nitrogens with zero attached hydrogens (tertiary/aromatic N) is 2. The summed E-state index contributed by atoms with van der Waals surface area (Å²) in [7, 11) is 0. The molecule has 1 atom stereocenters. The lowest BCUT2D eigenvalue weighted by atomic mass is 9.93. The third-order valence-corrected chi connectivity index (χ3v) is 5.62. The van der Waals surface area contributed by atoms with Crippen LogP contribution in [-0.4, -0.2) is 49.8 Å². The second-order valence-corrected chi connectivity index (χ2v) is 8.26. The molecule has 29 heavy (non-hydrogen) atoms. The van der Waals surface area contributed by atoms with Crippen molar-refractivity contribution in [3.8, 4) is 11.5 Å². The summed E-state index contributed by atoms with van der Waals surface area (Å²) in [6.45, 7) is 9.25. The van der Waals surface area contributed by atoms with Gasteiger partial charge in [-0.3, -0.25) is 10.1 Å². The minimum Gasteiger partial charge on any atom is -0.454 e. The van der Waals surface area contributed by atoms with Crippen molar-refractivity contribution in [3.05, 3.63) is 18.2 Å². The van der Waals surface area contributed by atoms with E-state index in [0.29, 0.717) is 32.1 Å². The molecule has 2 aliphatic rings. The van der Waals surface area contributed by atoms with Gasteiger partial charge in [0.05, 0.1) is 0 Å². The number of hydrogen-bond donors (Lipinski definition) is 1. The third kappa shape index (κ3) is 5.55. The number of amides is 3. The lowest BCUT2D eigenvalue weighted by Crippen LogP contribution is -2.53. The fraction of sp³-hybridized carbons (Fsp3) is 0.636. The van der Waals surface area contributed by atoms with Crippen molar-refractivity contribution in [1.82, 2.24) is 10.2 Å². The van der Waals surface area contributed by atoms with Crippen LogP contribution in [0.15, 0.2) is 18.2 Å². The molecule has 3 rings (SSSR count). The van der Waals surface area contributed by atoms with Crippen LogP contribution in [0.2, 0.25) is 0 Å². The van der Waals surface area contributed by atoms with Crippen LogP contribution in [0.4, 0.5) is 10.5 Å². The summed E-state index contributed by atoms with van der Waals surface area (Å²) in [5.41, 5.74) is 1.06. The Morgan fingerprint density at radius 3 is 2.45 bits per heavy atom. The molecule has 1 aromatic rings. The van der Waals surface area contributed by atoms with Crippen molar-refractivity contribution in [2.24, 2.45) is 11.8 Å². The molecule has 0 radical (unpaired) electrons. The van der Waals surface area contributed by atoms with Crippen molar-refractivity contribution in [3.63, 3.8) is 0 Å². The molecular formula is C22H33N3O4. The molecule has 1 aromatic carbocycles. The smallest absolute Gasteiger partial charge is 0.324 e. The van der Waals surface area contributed by atoms with E-state index in [2.05, 4.69) is 31.0 Å². The minimum atomic E-state index is -0.272. The van der Waals surface area contributed by atoms with Crippen molar-refractivity contribution >= 4 is 17.6 Å². The fourth-order valence-electron chi connectivity index (χ4n) is 3.83. The first kappa shape index (κ1) is 21.3. The first-order valence-corrected chi connectivity index (χ1v) is 10.7. The molecule has 3 amide bonds. The summed E-state index contributed by atoms with van der Waals surface area (Å²) >= 11 is 0. The number of rotatable bonds is 7. The van der Waals surface area contributed by atoms with Crippen molar-refractivity contribution in [2.75, 3.05) is 37.9 Å². The predicted octanol–water partition coefficient (Wildman–Crippen LogP) is 3.63. The zero-order valence-corrected chi connectivity index (χ0v) is 17.8. The Morgan fingerprint density at radius 1 is 1.03 bits per heavy atom. The summed E-state index contributed by atoms with van der Waals surface area (Å²) in [6.07, 6.45) is 3.60. The van der Waals surface area contributed by atoms with Gasteiger partial charge in [-0.1, -0.05) is 33.6 Å². The number of carbonyl (C=O) groups excluding carboxylic acids is 2. The molecule has 0 spiro atoms. The molecule has 0 bridgehead atoms. The number of imide groups is 1. The number of nitrogens with one attached hydrogen (secondary N) is 1. The standard InChI is InChI=1S/C22H33N3O4/c1-4-5-17(7-6-16(2)3)21(26)23-22(27)25-12-10-24(11-13-25)18-8-9-19-20(14-18)29-15-28-19/h8-9,14,16-17H,4-7,10-13,15H2,1-3H3,(H,23,26,27)/t17-/m0/s1. The quantitative estimate of drug-likeness (QED) is 0.753. The SMILES string of the molecule is CCC[C@@H](CCC(C)C)C(=O)NC(=O)N1CCN(c2ccc3c(c2)OCO3)CC1. The van der Waals surface area contributed by atoms with Gasteiger partial charge in [0.15, 0.2) is 11.5 Å². The summed E-state index contributed by atoms with van der Waals surface area (Å²) in [5, 5.41) is 2.64. The van der Waals surface area contributed by atoms with Gasteiger partial charge >= 0.3 is 6.03 Å². The van der Waals surface area contributed by atoms with E-state index in [9.17, 15) is 9.59 Å².